The average molecular weight is 331 g/mol. The summed E-state index contributed by atoms with van der Waals surface area (Å²) in [5.74, 6) is 0.871. The molecule has 0 N–H and O–H groups in total. The van der Waals surface area contributed by atoms with Gasteiger partial charge in [0.15, 0.2) is 0 Å². The lowest BCUT2D eigenvalue weighted by Gasteiger charge is -2.06. The van der Waals surface area contributed by atoms with Crippen LogP contribution in [0.5, 0.6) is 5.75 Å². The summed E-state index contributed by atoms with van der Waals surface area (Å²) >= 11 is 1.52. The van der Waals surface area contributed by atoms with Crippen LogP contribution in [0.4, 0.5) is 0 Å². The molecule has 24 heavy (non-hydrogen) atoms. The monoisotopic (exact) mass is 331 g/mol. The Balaban J connectivity index is 1.74. The minimum Gasteiger partial charge on any atom is -0.490 e. The molecule has 0 saturated carbocycles. The van der Waals surface area contributed by atoms with Crippen LogP contribution in [0, 0.1) is 11.3 Å². The number of hydrogen-bond donors (Lipinski definition) is 0. The molecular formula is C21H17NOS. The molecule has 2 nitrogen and oxygen atoms in total. The Kier molecular flexibility index (Phi) is 5.10. The summed E-state index contributed by atoms with van der Waals surface area (Å²) in [7, 11) is 0. The highest BCUT2D eigenvalue weighted by atomic mass is 32.1. The highest BCUT2D eigenvalue weighted by molar-refractivity contribution is 7.16. The van der Waals surface area contributed by atoms with Crippen LogP contribution in [-0.4, -0.2) is 6.61 Å². The molecule has 1 aromatic heterocycles. The normalized spacial score (nSPS) is 10.7. The lowest BCUT2D eigenvalue weighted by molar-refractivity contribution is 0.363. The van der Waals surface area contributed by atoms with Gasteiger partial charge in [0.1, 0.15) is 23.3 Å². The second kappa shape index (κ2) is 7.63. The standard InChI is InChI=1S/C21H17NOS/c1-2-3-14-23-19-10-8-17(9-11-19)16-4-6-18(7-5-16)21-13-12-20(15-22)24-21/h2-13H,14H2,1H3/b3-2+. The molecule has 118 valence electrons. The molecule has 3 rings (SSSR count). The van der Waals surface area contributed by atoms with Crippen LogP contribution in [0.25, 0.3) is 21.6 Å². The first-order valence-electron chi connectivity index (χ1n) is 7.75. The number of nitrogens with zero attached hydrogens (tertiary/aromatic N) is 1. The van der Waals surface area contributed by atoms with Crippen LogP contribution >= 0.6 is 11.3 Å². The van der Waals surface area contributed by atoms with Gasteiger partial charge in [-0.15, -0.1) is 11.3 Å². The van der Waals surface area contributed by atoms with Gasteiger partial charge < -0.3 is 4.74 Å². The van der Waals surface area contributed by atoms with E-state index in [1.54, 1.807) is 0 Å². The first-order chi connectivity index (χ1) is 11.8. The fourth-order valence-corrected chi connectivity index (χ4v) is 3.17. The molecule has 0 fully saturated rings. The van der Waals surface area contributed by atoms with Crippen molar-refractivity contribution in [3.8, 4) is 33.4 Å². The smallest absolute Gasteiger partial charge is 0.119 e. The van der Waals surface area contributed by atoms with E-state index >= 15 is 0 Å². The molecule has 0 spiro atoms. The molecule has 0 radical (unpaired) electrons. The maximum absolute atomic E-state index is 8.93. The highest BCUT2D eigenvalue weighted by Crippen LogP contribution is 2.30. The molecule has 2 aromatic carbocycles. The second-order valence-electron chi connectivity index (χ2n) is 5.26. The average Bonchev–Trinajstić information content (AvgIpc) is 3.12. The number of allylic oxidation sites excluding steroid dienone is 1. The fraction of sp³-hybridized carbons (Fsp3) is 0.0952. The summed E-state index contributed by atoms with van der Waals surface area (Å²) in [6, 6.07) is 22.6. The first-order valence-corrected chi connectivity index (χ1v) is 8.56. The van der Waals surface area contributed by atoms with Crippen LogP contribution in [0.3, 0.4) is 0 Å². The highest BCUT2D eigenvalue weighted by Gasteiger charge is 2.04. The maximum atomic E-state index is 8.93. The summed E-state index contributed by atoms with van der Waals surface area (Å²) in [4.78, 5) is 1.86. The van der Waals surface area contributed by atoms with E-state index in [0.29, 0.717) is 6.61 Å². The fourth-order valence-electron chi connectivity index (χ4n) is 2.36. The van der Waals surface area contributed by atoms with Crippen molar-refractivity contribution in [1.82, 2.24) is 0 Å². The summed E-state index contributed by atoms with van der Waals surface area (Å²) in [6.07, 6.45) is 3.96. The molecular weight excluding hydrogens is 314 g/mol. The lowest BCUT2D eigenvalue weighted by Crippen LogP contribution is -1.92. The molecule has 3 aromatic rings. The van der Waals surface area contributed by atoms with Gasteiger partial charge in [0.05, 0.1) is 0 Å². The molecule has 0 aliphatic heterocycles. The molecule has 3 heteroatoms. The minimum absolute atomic E-state index is 0.593. The van der Waals surface area contributed by atoms with Crippen LogP contribution in [-0.2, 0) is 0 Å². The third-order valence-corrected chi connectivity index (χ3v) is 4.69. The Labute approximate surface area is 146 Å². The van der Waals surface area contributed by atoms with Crippen molar-refractivity contribution in [1.29, 1.82) is 5.26 Å². The topological polar surface area (TPSA) is 33.0 Å². The van der Waals surface area contributed by atoms with Crippen LogP contribution < -0.4 is 4.74 Å². The van der Waals surface area contributed by atoms with Crippen molar-refractivity contribution in [2.75, 3.05) is 6.61 Å². The lowest BCUT2D eigenvalue weighted by atomic mass is 10.0. The zero-order valence-corrected chi connectivity index (χ0v) is 14.2. The molecule has 0 atom stereocenters. The SMILES string of the molecule is C/C=C/COc1ccc(-c2ccc(-c3ccc(C#N)s3)cc2)cc1. The summed E-state index contributed by atoms with van der Waals surface area (Å²) in [5.41, 5.74) is 3.45. The maximum Gasteiger partial charge on any atom is 0.119 e. The molecule has 0 aliphatic rings. The van der Waals surface area contributed by atoms with E-state index in [1.807, 2.05) is 43.3 Å². The number of nitriles is 1. The van der Waals surface area contributed by atoms with Gasteiger partial charge in [0, 0.05) is 4.88 Å². The van der Waals surface area contributed by atoms with E-state index in [9.17, 15) is 0 Å². The van der Waals surface area contributed by atoms with Crippen LogP contribution in [0.1, 0.15) is 11.8 Å². The Morgan fingerprint density at radius 1 is 0.917 bits per heavy atom. The predicted molar refractivity (Wildman–Crippen MR) is 100 cm³/mol. The van der Waals surface area contributed by atoms with Gasteiger partial charge in [0.25, 0.3) is 0 Å². The Hall–Kier alpha value is -2.83. The Bertz CT molecular complexity index is 867. The second-order valence-corrected chi connectivity index (χ2v) is 6.34. The summed E-state index contributed by atoms with van der Waals surface area (Å²) < 4.78 is 5.62. The van der Waals surface area contributed by atoms with Gasteiger partial charge in [-0.05, 0) is 47.9 Å². The van der Waals surface area contributed by atoms with Crippen molar-refractivity contribution in [3.05, 3.63) is 77.7 Å². The van der Waals surface area contributed by atoms with Crippen molar-refractivity contribution in [2.24, 2.45) is 0 Å². The van der Waals surface area contributed by atoms with Crippen molar-refractivity contribution in [3.63, 3.8) is 0 Å². The molecule has 0 bridgehead atoms. The number of hydrogen-bond acceptors (Lipinski definition) is 3. The first kappa shape index (κ1) is 16.0. The van der Waals surface area contributed by atoms with Gasteiger partial charge in [-0.3, -0.25) is 0 Å². The van der Waals surface area contributed by atoms with Gasteiger partial charge >= 0.3 is 0 Å². The Morgan fingerprint density at radius 2 is 1.54 bits per heavy atom. The third kappa shape index (κ3) is 3.73. The van der Waals surface area contributed by atoms with Gasteiger partial charge in [-0.1, -0.05) is 48.6 Å². The van der Waals surface area contributed by atoms with E-state index in [-0.39, 0.29) is 0 Å². The van der Waals surface area contributed by atoms with Crippen LogP contribution in [0.2, 0.25) is 0 Å². The van der Waals surface area contributed by atoms with E-state index < -0.39 is 0 Å². The zero-order valence-electron chi connectivity index (χ0n) is 13.4. The third-order valence-electron chi connectivity index (χ3n) is 3.66. The van der Waals surface area contributed by atoms with E-state index in [2.05, 4.69) is 42.5 Å². The summed E-state index contributed by atoms with van der Waals surface area (Å²) in [6.45, 7) is 2.57. The Morgan fingerprint density at radius 3 is 2.12 bits per heavy atom. The molecule has 0 saturated heterocycles. The largest absolute Gasteiger partial charge is 0.490 e. The predicted octanol–water partition coefficient (Wildman–Crippen LogP) is 5.91. The number of rotatable bonds is 5. The van der Waals surface area contributed by atoms with E-state index in [1.165, 1.54) is 11.3 Å². The molecule has 0 unspecified atom stereocenters. The number of benzene rings is 2. The number of thiophene rings is 1. The van der Waals surface area contributed by atoms with Gasteiger partial charge in [-0.2, -0.15) is 5.26 Å². The van der Waals surface area contributed by atoms with Gasteiger partial charge in [0.2, 0.25) is 0 Å². The van der Waals surface area contributed by atoms with Crippen molar-refractivity contribution >= 4 is 11.3 Å². The summed E-state index contributed by atoms with van der Waals surface area (Å²) in [5, 5.41) is 8.93. The quantitative estimate of drug-likeness (QED) is 0.545. The van der Waals surface area contributed by atoms with E-state index in [4.69, 9.17) is 10.00 Å². The van der Waals surface area contributed by atoms with Crippen molar-refractivity contribution in [2.45, 2.75) is 6.92 Å². The molecule has 0 aliphatic carbocycles. The molecule has 1 heterocycles. The van der Waals surface area contributed by atoms with Crippen molar-refractivity contribution < 1.29 is 4.74 Å². The van der Waals surface area contributed by atoms with E-state index in [0.717, 1.165) is 32.2 Å². The minimum atomic E-state index is 0.593. The molecule has 0 amide bonds. The number of ether oxygens (including phenoxy) is 1. The van der Waals surface area contributed by atoms with Gasteiger partial charge in [-0.25, -0.2) is 0 Å². The zero-order chi connectivity index (χ0) is 16.8. The van der Waals surface area contributed by atoms with Crippen LogP contribution in [0.15, 0.2) is 72.8 Å².